The molecule has 1 aromatic carbocycles. The van der Waals surface area contributed by atoms with E-state index in [4.69, 9.17) is 10.5 Å². The summed E-state index contributed by atoms with van der Waals surface area (Å²) < 4.78 is 4.70. The molecule has 4 nitrogen and oxygen atoms in total. The van der Waals surface area contributed by atoms with Crippen molar-refractivity contribution in [2.45, 2.75) is 32.2 Å². The molecule has 0 aliphatic rings. The molecule has 0 heterocycles. The molecule has 0 radical (unpaired) electrons. The van der Waals surface area contributed by atoms with Gasteiger partial charge in [-0.25, -0.2) is 0 Å². The monoisotopic (exact) mass is 264 g/mol. The Balaban J connectivity index is 2.47. The van der Waals surface area contributed by atoms with Crippen molar-refractivity contribution in [2.24, 2.45) is 5.73 Å². The van der Waals surface area contributed by atoms with Gasteiger partial charge in [-0.15, -0.1) is 0 Å². The number of nitrogens with zero attached hydrogens (tertiary/aromatic N) is 1. The van der Waals surface area contributed by atoms with Crippen LogP contribution in [0.2, 0.25) is 0 Å². The molecule has 0 fully saturated rings. The van der Waals surface area contributed by atoms with Gasteiger partial charge in [-0.2, -0.15) is 0 Å². The highest BCUT2D eigenvalue weighted by molar-refractivity contribution is 5.79. The Labute approximate surface area is 115 Å². The first-order valence-electron chi connectivity index (χ1n) is 6.52. The molecule has 1 atom stereocenters. The SMILES string of the molecule is COC(=O)C(C)(N)CCCN(C)c1cccc(C)c1. The minimum atomic E-state index is -0.901. The Morgan fingerprint density at radius 1 is 1.47 bits per heavy atom. The molecule has 1 unspecified atom stereocenters. The van der Waals surface area contributed by atoms with E-state index in [1.807, 2.05) is 13.1 Å². The Kier molecular flexibility index (Phi) is 5.36. The lowest BCUT2D eigenvalue weighted by molar-refractivity contribution is -0.146. The number of rotatable bonds is 6. The average molecular weight is 264 g/mol. The summed E-state index contributed by atoms with van der Waals surface area (Å²) in [5.41, 5.74) is 7.44. The van der Waals surface area contributed by atoms with Gasteiger partial charge >= 0.3 is 5.97 Å². The van der Waals surface area contributed by atoms with Gasteiger partial charge in [-0.1, -0.05) is 12.1 Å². The number of anilines is 1. The van der Waals surface area contributed by atoms with E-state index in [1.54, 1.807) is 6.92 Å². The third-order valence-corrected chi connectivity index (χ3v) is 3.28. The van der Waals surface area contributed by atoms with Crippen LogP contribution < -0.4 is 10.6 Å². The van der Waals surface area contributed by atoms with E-state index in [0.717, 1.165) is 13.0 Å². The molecular weight excluding hydrogens is 240 g/mol. The quantitative estimate of drug-likeness (QED) is 0.799. The van der Waals surface area contributed by atoms with Crippen LogP contribution in [-0.4, -0.2) is 32.2 Å². The summed E-state index contributed by atoms with van der Waals surface area (Å²) >= 11 is 0. The van der Waals surface area contributed by atoms with Crippen LogP contribution in [0.4, 0.5) is 5.69 Å². The molecule has 106 valence electrons. The van der Waals surface area contributed by atoms with Crippen LogP contribution in [0, 0.1) is 6.92 Å². The van der Waals surface area contributed by atoms with Crippen molar-refractivity contribution in [3.8, 4) is 0 Å². The minimum absolute atomic E-state index is 0.356. The number of ether oxygens (including phenoxy) is 1. The molecule has 4 heteroatoms. The molecule has 0 amide bonds. The zero-order chi connectivity index (χ0) is 14.5. The highest BCUT2D eigenvalue weighted by Crippen LogP contribution is 2.16. The standard InChI is InChI=1S/C15H24N2O2/c1-12-7-5-8-13(11-12)17(3)10-6-9-15(2,16)14(18)19-4/h5,7-8,11H,6,9-10,16H2,1-4H3. The fraction of sp³-hybridized carbons (Fsp3) is 0.533. The number of esters is 1. The predicted molar refractivity (Wildman–Crippen MR) is 78.3 cm³/mol. The van der Waals surface area contributed by atoms with Gasteiger partial charge in [0, 0.05) is 19.3 Å². The van der Waals surface area contributed by atoms with Crippen molar-refractivity contribution in [2.75, 3.05) is 25.6 Å². The normalized spacial score (nSPS) is 13.7. The number of methoxy groups -OCH3 is 1. The number of benzene rings is 1. The van der Waals surface area contributed by atoms with Crippen LogP contribution in [0.3, 0.4) is 0 Å². The average Bonchev–Trinajstić information content (AvgIpc) is 2.37. The summed E-state index contributed by atoms with van der Waals surface area (Å²) in [5.74, 6) is -0.356. The lowest BCUT2D eigenvalue weighted by atomic mass is 9.97. The Bertz CT molecular complexity index is 430. The molecule has 0 saturated carbocycles. The van der Waals surface area contributed by atoms with Gasteiger partial charge in [-0.05, 0) is 44.4 Å². The van der Waals surface area contributed by atoms with E-state index >= 15 is 0 Å². The molecule has 0 spiro atoms. The summed E-state index contributed by atoms with van der Waals surface area (Å²) in [4.78, 5) is 13.6. The zero-order valence-corrected chi connectivity index (χ0v) is 12.3. The molecular formula is C15H24N2O2. The summed E-state index contributed by atoms with van der Waals surface area (Å²) in [5, 5.41) is 0. The Morgan fingerprint density at radius 2 is 2.16 bits per heavy atom. The molecule has 1 aromatic rings. The first-order valence-corrected chi connectivity index (χ1v) is 6.52. The maximum atomic E-state index is 11.5. The molecule has 19 heavy (non-hydrogen) atoms. The van der Waals surface area contributed by atoms with Crippen LogP contribution in [0.15, 0.2) is 24.3 Å². The molecule has 0 aliphatic carbocycles. The maximum Gasteiger partial charge on any atom is 0.325 e. The van der Waals surface area contributed by atoms with Gasteiger partial charge in [0.1, 0.15) is 5.54 Å². The molecule has 0 aliphatic heterocycles. The predicted octanol–water partition coefficient (Wildman–Crippen LogP) is 2.10. The lowest BCUT2D eigenvalue weighted by Gasteiger charge is -2.24. The van der Waals surface area contributed by atoms with E-state index in [2.05, 4.69) is 30.0 Å². The highest BCUT2D eigenvalue weighted by atomic mass is 16.5. The Morgan fingerprint density at radius 3 is 2.74 bits per heavy atom. The minimum Gasteiger partial charge on any atom is -0.468 e. The van der Waals surface area contributed by atoms with Crippen LogP contribution in [0.1, 0.15) is 25.3 Å². The van der Waals surface area contributed by atoms with Gasteiger partial charge < -0.3 is 15.4 Å². The molecule has 2 N–H and O–H groups in total. The van der Waals surface area contributed by atoms with Crippen molar-refractivity contribution in [1.82, 2.24) is 0 Å². The fourth-order valence-electron chi connectivity index (χ4n) is 2.01. The van der Waals surface area contributed by atoms with Crippen LogP contribution in [0.25, 0.3) is 0 Å². The number of nitrogens with two attached hydrogens (primary N) is 1. The van der Waals surface area contributed by atoms with E-state index in [1.165, 1.54) is 18.4 Å². The van der Waals surface area contributed by atoms with Gasteiger partial charge in [0.05, 0.1) is 7.11 Å². The van der Waals surface area contributed by atoms with Crippen molar-refractivity contribution >= 4 is 11.7 Å². The number of aryl methyl sites for hydroxylation is 1. The van der Waals surface area contributed by atoms with E-state index in [-0.39, 0.29) is 5.97 Å². The first-order chi connectivity index (χ1) is 8.86. The Hall–Kier alpha value is -1.55. The summed E-state index contributed by atoms with van der Waals surface area (Å²) in [6.07, 6.45) is 1.45. The van der Waals surface area contributed by atoms with Gasteiger partial charge in [0.2, 0.25) is 0 Å². The zero-order valence-electron chi connectivity index (χ0n) is 12.3. The summed E-state index contributed by atoms with van der Waals surface area (Å²) in [6.45, 7) is 4.64. The molecule has 0 bridgehead atoms. The van der Waals surface area contributed by atoms with Gasteiger partial charge in [0.25, 0.3) is 0 Å². The van der Waals surface area contributed by atoms with Crippen LogP contribution in [0.5, 0.6) is 0 Å². The number of hydrogen-bond acceptors (Lipinski definition) is 4. The lowest BCUT2D eigenvalue weighted by Crippen LogP contribution is -2.46. The second-order valence-corrected chi connectivity index (χ2v) is 5.27. The van der Waals surface area contributed by atoms with E-state index in [0.29, 0.717) is 6.42 Å². The third-order valence-electron chi connectivity index (χ3n) is 3.28. The number of hydrogen-bond donors (Lipinski definition) is 1. The van der Waals surface area contributed by atoms with Crippen molar-refractivity contribution in [3.05, 3.63) is 29.8 Å². The van der Waals surface area contributed by atoms with Crippen molar-refractivity contribution in [3.63, 3.8) is 0 Å². The van der Waals surface area contributed by atoms with E-state index < -0.39 is 5.54 Å². The molecule has 1 rings (SSSR count). The summed E-state index contributed by atoms with van der Waals surface area (Å²) in [6, 6.07) is 8.34. The topological polar surface area (TPSA) is 55.6 Å². The summed E-state index contributed by atoms with van der Waals surface area (Å²) in [7, 11) is 3.41. The van der Waals surface area contributed by atoms with Crippen molar-refractivity contribution in [1.29, 1.82) is 0 Å². The second kappa shape index (κ2) is 6.57. The van der Waals surface area contributed by atoms with Crippen LogP contribution in [-0.2, 0) is 9.53 Å². The van der Waals surface area contributed by atoms with Crippen molar-refractivity contribution < 1.29 is 9.53 Å². The molecule has 0 aromatic heterocycles. The second-order valence-electron chi connectivity index (χ2n) is 5.27. The molecule has 0 saturated heterocycles. The van der Waals surface area contributed by atoms with Gasteiger partial charge in [0.15, 0.2) is 0 Å². The number of carbonyl (C=O) groups is 1. The largest absolute Gasteiger partial charge is 0.468 e. The first kappa shape index (κ1) is 15.5. The van der Waals surface area contributed by atoms with E-state index in [9.17, 15) is 4.79 Å². The smallest absolute Gasteiger partial charge is 0.325 e. The van der Waals surface area contributed by atoms with Crippen LogP contribution >= 0.6 is 0 Å². The highest BCUT2D eigenvalue weighted by Gasteiger charge is 2.28. The number of carbonyl (C=O) groups excluding carboxylic acids is 1. The van der Waals surface area contributed by atoms with Gasteiger partial charge in [-0.3, -0.25) is 4.79 Å². The maximum absolute atomic E-state index is 11.5. The third kappa shape index (κ3) is 4.56. The fourth-order valence-corrected chi connectivity index (χ4v) is 2.01.